The summed E-state index contributed by atoms with van der Waals surface area (Å²) in [6, 6.07) is 6.26. The quantitative estimate of drug-likeness (QED) is 0.628. The molecule has 1 atom stereocenters. The van der Waals surface area contributed by atoms with E-state index in [9.17, 15) is 17.6 Å². The lowest BCUT2D eigenvalue weighted by Crippen LogP contribution is -2.32. The third kappa shape index (κ3) is 2.81. The number of para-hydroxylation sites is 1. The molecule has 2 rings (SSSR count). The van der Waals surface area contributed by atoms with Crippen LogP contribution in [0.25, 0.3) is 11.0 Å². The van der Waals surface area contributed by atoms with E-state index < -0.39 is 24.3 Å². The number of halogens is 5. The van der Waals surface area contributed by atoms with Crippen molar-refractivity contribution in [3.05, 3.63) is 29.6 Å². The first-order valence-electron chi connectivity index (χ1n) is 5.97. The number of fused-ring (bicyclic) bond motifs is 1. The van der Waals surface area contributed by atoms with Crippen LogP contribution in [0.15, 0.2) is 18.2 Å². The highest BCUT2D eigenvalue weighted by molar-refractivity contribution is 6.20. The molecule has 8 heteroatoms. The highest BCUT2D eigenvalue weighted by Crippen LogP contribution is 2.31. The van der Waals surface area contributed by atoms with E-state index in [1.54, 1.807) is 0 Å². The summed E-state index contributed by atoms with van der Waals surface area (Å²) >= 11 is 5.89. The predicted molar refractivity (Wildman–Crippen MR) is 69.7 cm³/mol. The maximum Gasteiger partial charge on any atom is 0.324 e. The maximum atomic E-state index is 13.4. The smallest absolute Gasteiger partial charge is 0.320 e. The monoisotopic (exact) mass is 319 g/mol. The van der Waals surface area contributed by atoms with Crippen molar-refractivity contribution >= 4 is 22.6 Å². The molecule has 3 nitrogen and oxygen atoms in total. The Hall–Kier alpha value is -1.81. The fourth-order valence-electron chi connectivity index (χ4n) is 2.00. The third-order valence-electron chi connectivity index (χ3n) is 2.97. The lowest BCUT2D eigenvalue weighted by molar-refractivity contribution is -0.137. The Morgan fingerprint density at radius 3 is 2.62 bits per heavy atom. The number of benzene rings is 1. The molecule has 0 amide bonds. The minimum atomic E-state index is -4.21. The SMILES string of the molecule is CC(Cl)c1nc2c(C#N)cccc2n1CC(F)(F)C(F)F. The number of rotatable bonds is 4. The summed E-state index contributed by atoms with van der Waals surface area (Å²) in [7, 11) is 0. The summed E-state index contributed by atoms with van der Waals surface area (Å²) in [5.74, 6) is -4.19. The van der Waals surface area contributed by atoms with Gasteiger partial charge in [-0.15, -0.1) is 11.6 Å². The molecule has 1 unspecified atom stereocenters. The molecule has 1 heterocycles. The zero-order valence-electron chi connectivity index (χ0n) is 10.8. The number of alkyl halides is 5. The highest BCUT2D eigenvalue weighted by atomic mass is 35.5. The molecule has 112 valence electrons. The second-order valence-electron chi connectivity index (χ2n) is 4.52. The van der Waals surface area contributed by atoms with Crippen LogP contribution in [-0.4, -0.2) is 21.9 Å². The fourth-order valence-corrected chi connectivity index (χ4v) is 2.17. The first-order chi connectivity index (χ1) is 9.77. The molecule has 0 radical (unpaired) electrons. The molecule has 21 heavy (non-hydrogen) atoms. The number of hydrogen-bond donors (Lipinski definition) is 0. The van der Waals surface area contributed by atoms with Crippen LogP contribution < -0.4 is 0 Å². The van der Waals surface area contributed by atoms with Crippen LogP contribution in [0.1, 0.15) is 23.7 Å². The van der Waals surface area contributed by atoms with E-state index in [-0.39, 0.29) is 22.4 Å². The van der Waals surface area contributed by atoms with Crippen LogP contribution in [0.4, 0.5) is 17.6 Å². The van der Waals surface area contributed by atoms with Gasteiger partial charge < -0.3 is 4.57 Å². The minimum Gasteiger partial charge on any atom is -0.320 e. The van der Waals surface area contributed by atoms with E-state index in [2.05, 4.69) is 4.98 Å². The number of aromatic nitrogens is 2. The Balaban J connectivity index is 2.66. The second-order valence-corrected chi connectivity index (χ2v) is 5.17. The Morgan fingerprint density at radius 1 is 1.43 bits per heavy atom. The summed E-state index contributed by atoms with van der Waals surface area (Å²) in [5.41, 5.74) is 0.523. The summed E-state index contributed by atoms with van der Waals surface area (Å²) < 4.78 is 52.5. The van der Waals surface area contributed by atoms with E-state index in [4.69, 9.17) is 16.9 Å². The van der Waals surface area contributed by atoms with Gasteiger partial charge in [-0.2, -0.15) is 14.0 Å². The Morgan fingerprint density at radius 2 is 2.10 bits per heavy atom. The molecule has 0 fully saturated rings. The van der Waals surface area contributed by atoms with Gasteiger partial charge in [0.2, 0.25) is 0 Å². The number of nitriles is 1. The van der Waals surface area contributed by atoms with E-state index in [1.807, 2.05) is 6.07 Å². The van der Waals surface area contributed by atoms with E-state index >= 15 is 0 Å². The average Bonchev–Trinajstić information content (AvgIpc) is 2.77. The first-order valence-corrected chi connectivity index (χ1v) is 6.41. The summed E-state index contributed by atoms with van der Waals surface area (Å²) in [6.07, 6.45) is -3.80. The minimum absolute atomic E-state index is 0.0229. The topological polar surface area (TPSA) is 41.6 Å². The third-order valence-corrected chi connectivity index (χ3v) is 3.17. The molecular weight excluding hydrogens is 310 g/mol. The summed E-state index contributed by atoms with van der Waals surface area (Å²) in [6.45, 7) is 0.244. The summed E-state index contributed by atoms with van der Waals surface area (Å²) in [5, 5.41) is 8.23. The van der Waals surface area contributed by atoms with E-state index in [0.29, 0.717) is 0 Å². The van der Waals surface area contributed by atoms with Crippen molar-refractivity contribution in [1.82, 2.24) is 9.55 Å². The van der Waals surface area contributed by atoms with Crippen molar-refractivity contribution in [2.45, 2.75) is 31.2 Å². The van der Waals surface area contributed by atoms with Gasteiger partial charge in [0.05, 0.1) is 23.0 Å². The largest absolute Gasteiger partial charge is 0.324 e. The molecule has 1 aromatic heterocycles. The standard InChI is InChI=1S/C13H10ClF4N3/c1-7(14)11-20-10-8(5-19)3-2-4-9(10)21(11)6-13(17,18)12(15)16/h2-4,7,12H,6H2,1H3. The van der Waals surface area contributed by atoms with Gasteiger partial charge in [-0.25, -0.2) is 13.8 Å². The Bertz CT molecular complexity index is 703. The molecule has 0 aliphatic rings. The zero-order chi connectivity index (χ0) is 15.8. The van der Waals surface area contributed by atoms with Crippen LogP contribution in [0.5, 0.6) is 0 Å². The molecule has 0 aliphatic heterocycles. The number of nitrogens with zero attached hydrogens (tertiary/aromatic N) is 3. The fraction of sp³-hybridized carbons (Fsp3) is 0.385. The van der Waals surface area contributed by atoms with Crippen molar-refractivity contribution in [3.63, 3.8) is 0 Å². The number of imidazole rings is 1. The molecular formula is C13H10ClF4N3. The molecule has 0 bridgehead atoms. The van der Waals surface area contributed by atoms with Crippen molar-refractivity contribution in [1.29, 1.82) is 5.26 Å². The highest BCUT2D eigenvalue weighted by Gasteiger charge is 2.42. The van der Waals surface area contributed by atoms with Crippen LogP contribution in [0.2, 0.25) is 0 Å². The van der Waals surface area contributed by atoms with Crippen LogP contribution >= 0.6 is 11.6 Å². The molecule has 0 spiro atoms. The first kappa shape index (κ1) is 15.6. The molecule has 0 aliphatic carbocycles. The summed E-state index contributed by atoms with van der Waals surface area (Å²) in [4.78, 5) is 4.06. The number of hydrogen-bond acceptors (Lipinski definition) is 2. The molecule has 0 N–H and O–H groups in total. The lowest BCUT2D eigenvalue weighted by atomic mass is 10.2. The van der Waals surface area contributed by atoms with Crippen LogP contribution in [-0.2, 0) is 6.54 Å². The van der Waals surface area contributed by atoms with Gasteiger partial charge in [0.25, 0.3) is 0 Å². The molecule has 0 saturated heterocycles. The Kier molecular flexibility index (Phi) is 4.10. The van der Waals surface area contributed by atoms with Crippen molar-refractivity contribution in [3.8, 4) is 6.07 Å². The van der Waals surface area contributed by atoms with Gasteiger partial charge in [-0.05, 0) is 19.1 Å². The molecule has 2 aromatic rings. The lowest BCUT2D eigenvalue weighted by Gasteiger charge is -2.18. The van der Waals surface area contributed by atoms with Gasteiger partial charge in [-0.3, -0.25) is 0 Å². The van der Waals surface area contributed by atoms with Crippen molar-refractivity contribution in [2.24, 2.45) is 0 Å². The van der Waals surface area contributed by atoms with E-state index in [0.717, 1.165) is 4.57 Å². The van der Waals surface area contributed by atoms with Crippen molar-refractivity contribution < 1.29 is 17.6 Å². The van der Waals surface area contributed by atoms with Gasteiger partial charge in [0, 0.05) is 0 Å². The van der Waals surface area contributed by atoms with Gasteiger partial charge >= 0.3 is 12.3 Å². The maximum absolute atomic E-state index is 13.4. The Labute approximate surface area is 122 Å². The molecule has 1 aromatic carbocycles. The second kappa shape index (κ2) is 5.53. The zero-order valence-corrected chi connectivity index (χ0v) is 11.6. The van der Waals surface area contributed by atoms with Crippen LogP contribution in [0, 0.1) is 11.3 Å². The molecule has 0 saturated carbocycles. The normalized spacial score (nSPS) is 13.6. The average molecular weight is 320 g/mol. The van der Waals surface area contributed by atoms with Crippen molar-refractivity contribution in [2.75, 3.05) is 0 Å². The van der Waals surface area contributed by atoms with Crippen LogP contribution in [0.3, 0.4) is 0 Å². The predicted octanol–water partition coefficient (Wildman–Crippen LogP) is 4.11. The van der Waals surface area contributed by atoms with Gasteiger partial charge in [0.15, 0.2) is 0 Å². The van der Waals surface area contributed by atoms with E-state index in [1.165, 1.54) is 25.1 Å². The van der Waals surface area contributed by atoms with Gasteiger partial charge in [-0.1, -0.05) is 6.07 Å². The van der Waals surface area contributed by atoms with Gasteiger partial charge in [0.1, 0.15) is 17.4 Å².